The van der Waals surface area contributed by atoms with E-state index in [9.17, 15) is 18.8 Å². The van der Waals surface area contributed by atoms with Crippen LogP contribution in [0.4, 0.5) is 10.1 Å². The quantitative estimate of drug-likeness (QED) is 0.623. The van der Waals surface area contributed by atoms with Crippen LogP contribution in [0.1, 0.15) is 33.3 Å². The number of anilines is 1. The number of nitrogens with one attached hydrogen (secondary N) is 1. The number of benzene rings is 2. The number of hydrogen-bond acceptors (Lipinski definition) is 5. The maximum absolute atomic E-state index is 14.1. The first-order chi connectivity index (χ1) is 14.3. The highest BCUT2D eigenvalue weighted by Gasteiger charge is 2.23. The Bertz CT molecular complexity index is 1170. The molecule has 7 nitrogen and oxygen atoms in total. The summed E-state index contributed by atoms with van der Waals surface area (Å²) in [5, 5.41) is 6.32. The molecule has 154 valence electrons. The molecule has 0 unspecified atom stereocenters. The third-order valence-corrected chi connectivity index (χ3v) is 4.50. The van der Waals surface area contributed by atoms with E-state index in [1.807, 2.05) is 0 Å². The maximum Gasteiger partial charge on any atom is 0.360 e. The molecule has 30 heavy (non-hydrogen) atoms. The summed E-state index contributed by atoms with van der Waals surface area (Å²) >= 11 is 5.92. The molecule has 1 heterocycles. The lowest BCUT2D eigenvalue weighted by Crippen LogP contribution is -2.28. The van der Waals surface area contributed by atoms with Crippen LogP contribution in [0.25, 0.3) is 5.69 Å². The minimum atomic E-state index is -0.932. The molecule has 0 atom stereocenters. The van der Waals surface area contributed by atoms with E-state index in [0.717, 1.165) is 22.4 Å². The first-order valence-electron chi connectivity index (χ1n) is 8.96. The Kier molecular flexibility index (Phi) is 6.27. The van der Waals surface area contributed by atoms with E-state index < -0.39 is 28.8 Å². The molecule has 0 fully saturated rings. The predicted molar refractivity (Wildman–Crippen MR) is 110 cm³/mol. The lowest BCUT2D eigenvalue weighted by Gasteiger charge is -2.14. The fourth-order valence-corrected chi connectivity index (χ4v) is 3.02. The smallest absolute Gasteiger partial charge is 0.360 e. The van der Waals surface area contributed by atoms with Crippen LogP contribution in [0.15, 0.2) is 53.3 Å². The molecule has 3 rings (SSSR count). The fourth-order valence-electron chi connectivity index (χ4n) is 2.77. The second kappa shape index (κ2) is 8.87. The van der Waals surface area contributed by atoms with E-state index >= 15 is 0 Å². The number of esters is 1. The number of hydrogen-bond donors (Lipinski definition) is 1. The summed E-state index contributed by atoms with van der Waals surface area (Å²) in [7, 11) is 0. The Morgan fingerprint density at radius 2 is 1.93 bits per heavy atom. The van der Waals surface area contributed by atoms with Gasteiger partial charge in [0.15, 0.2) is 5.69 Å². The molecule has 0 saturated heterocycles. The summed E-state index contributed by atoms with van der Waals surface area (Å²) in [6.07, 6.45) is 0. The number of rotatable bonds is 5. The van der Waals surface area contributed by atoms with E-state index in [0.29, 0.717) is 5.69 Å². The second-order valence-electron chi connectivity index (χ2n) is 6.21. The van der Waals surface area contributed by atoms with Crippen molar-refractivity contribution < 1.29 is 18.7 Å². The summed E-state index contributed by atoms with van der Waals surface area (Å²) in [6.45, 7) is 3.44. The standard InChI is InChI=1S/C21H17ClFN3O4/c1-3-30-21(29)19-15(24-20(28)18-13(22)8-6-9-14(18)23)11-17(27)26(25-19)16-10-5-4-7-12(16)2/h4-11H,3H2,1-2H3,(H,24,28). The number of aromatic nitrogens is 2. The van der Waals surface area contributed by atoms with Gasteiger partial charge in [-0.05, 0) is 37.6 Å². The molecule has 2 aromatic carbocycles. The Morgan fingerprint density at radius 3 is 2.60 bits per heavy atom. The normalized spacial score (nSPS) is 10.5. The van der Waals surface area contributed by atoms with E-state index in [2.05, 4.69) is 10.4 Å². The zero-order valence-corrected chi connectivity index (χ0v) is 16.9. The average molecular weight is 430 g/mol. The first-order valence-corrected chi connectivity index (χ1v) is 9.34. The minimum absolute atomic E-state index is 0.0521. The van der Waals surface area contributed by atoms with Crippen molar-refractivity contribution in [3.63, 3.8) is 0 Å². The van der Waals surface area contributed by atoms with Crippen molar-refractivity contribution in [2.45, 2.75) is 13.8 Å². The van der Waals surface area contributed by atoms with Crippen molar-refractivity contribution in [3.05, 3.63) is 86.5 Å². The van der Waals surface area contributed by atoms with E-state index in [4.69, 9.17) is 16.3 Å². The number of amides is 1. The molecule has 1 N–H and O–H groups in total. The molecular weight excluding hydrogens is 413 g/mol. The summed E-state index contributed by atoms with van der Waals surface area (Å²) < 4.78 is 20.1. The largest absolute Gasteiger partial charge is 0.461 e. The van der Waals surface area contributed by atoms with Crippen molar-refractivity contribution in [3.8, 4) is 5.69 Å². The highest BCUT2D eigenvalue weighted by Crippen LogP contribution is 2.22. The maximum atomic E-state index is 14.1. The fraction of sp³-hybridized carbons (Fsp3) is 0.143. The van der Waals surface area contributed by atoms with Crippen LogP contribution in [0.2, 0.25) is 5.02 Å². The monoisotopic (exact) mass is 429 g/mol. The Hall–Kier alpha value is -3.52. The van der Waals surface area contributed by atoms with Crippen LogP contribution in [-0.4, -0.2) is 28.3 Å². The van der Waals surface area contributed by atoms with Gasteiger partial charge < -0.3 is 10.1 Å². The highest BCUT2D eigenvalue weighted by atomic mass is 35.5. The van der Waals surface area contributed by atoms with E-state index in [1.165, 1.54) is 12.1 Å². The van der Waals surface area contributed by atoms with Crippen molar-refractivity contribution >= 4 is 29.2 Å². The lowest BCUT2D eigenvalue weighted by molar-refractivity contribution is 0.0518. The van der Waals surface area contributed by atoms with E-state index in [1.54, 1.807) is 38.1 Å². The number of aryl methyl sites for hydroxylation is 1. The van der Waals surface area contributed by atoms with Gasteiger partial charge in [-0.25, -0.2) is 9.18 Å². The van der Waals surface area contributed by atoms with Gasteiger partial charge in [0.2, 0.25) is 0 Å². The summed E-state index contributed by atoms with van der Waals surface area (Å²) in [5.41, 5.74) is -0.336. The van der Waals surface area contributed by atoms with Gasteiger partial charge >= 0.3 is 5.97 Å². The van der Waals surface area contributed by atoms with Crippen LogP contribution >= 0.6 is 11.6 Å². The zero-order chi connectivity index (χ0) is 21.8. The van der Waals surface area contributed by atoms with Crippen LogP contribution in [-0.2, 0) is 4.74 Å². The molecule has 0 saturated carbocycles. The number of ether oxygens (including phenoxy) is 1. The number of para-hydroxylation sites is 1. The Labute approximate surface area is 176 Å². The second-order valence-corrected chi connectivity index (χ2v) is 6.62. The molecule has 0 aliphatic carbocycles. The van der Waals surface area contributed by atoms with Gasteiger partial charge in [0.1, 0.15) is 5.82 Å². The van der Waals surface area contributed by atoms with Gasteiger partial charge in [-0.3, -0.25) is 9.59 Å². The molecule has 1 amide bonds. The van der Waals surface area contributed by atoms with Crippen molar-refractivity contribution in [1.82, 2.24) is 9.78 Å². The number of nitrogens with zero attached hydrogens (tertiary/aromatic N) is 2. The third-order valence-electron chi connectivity index (χ3n) is 4.18. The molecule has 0 bridgehead atoms. The SMILES string of the molecule is CCOC(=O)c1nn(-c2ccccc2C)c(=O)cc1NC(=O)c1c(F)cccc1Cl. The molecule has 0 aliphatic rings. The van der Waals surface area contributed by atoms with Gasteiger partial charge in [0, 0.05) is 6.07 Å². The van der Waals surface area contributed by atoms with Gasteiger partial charge in [-0.1, -0.05) is 35.9 Å². The van der Waals surface area contributed by atoms with E-state index in [-0.39, 0.29) is 23.0 Å². The molecule has 9 heteroatoms. The topological polar surface area (TPSA) is 90.3 Å². The van der Waals surface area contributed by atoms with Crippen molar-refractivity contribution in [2.75, 3.05) is 11.9 Å². The molecule has 0 spiro atoms. The van der Waals surface area contributed by atoms with Crippen LogP contribution in [0.3, 0.4) is 0 Å². The van der Waals surface area contributed by atoms with Gasteiger partial charge in [0.25, 0.3) is 11.5 Å². The molecular formula is C21H17ClFN3O4. The summed E-state index contributed by atoms with van der Waals surface area (Å²) in [5.74, 6) is -2.63. The summed E-state index contributed by atoms with van der Waals surface area (Å²) in [4.78, 5) is 37.7. The average Bonchev–Trinajstić information content (AvgIpc) is 2.69. The van der Waals surface area contributed by atoms with Crippen LogP contribution in [0, 0.1) is 12.7 Å². The molecule has 0 aliphatic heterocycles. The van der Waals surface area contributed by atoms with Crippen molar-refractivity contribution in [2.24, 2.45) is 0 Å². The Morgan fingerprint density at radius 1 is 1.20 bits per heavy atom. The number of carbonyl (C=O) groups excluding carboxylic acids is 2. The summed E-state index contributed by atoms with van der Waals surface area (Å²) in [6, 6.07) is 11.8. The van der Waals surface area contributed by atoms with Crippen LogP contribution < -0.4 is 10.9 Å². The van der Waals surface area contributed by atoms with Gasteiger partial charge in [-0.15, -0.1) is 0 Å². The van der Waals surface area contributed by atoms with Crippen molar-refractivity contribution in [1.29, 1.82) is 0 Å². The molecule has 3 aromatic rings. The lowest BCUT2D eigenvalue weighted by atomic mass is 10.2. The van der Waals surface area contributed by atoms with Gasteiger partial charge in [-0.2, -0.15) is 9.78 Å². The van der Waals surface area contributed by atoms with Gasteiger partial charge in [0.05, 0.1) is 28.6 Å². The highest BCUT2D eigenvalue weighted by molar-refractivity contribution is 6.34. The first kappa shape index (κ1) is 21.2. The third kappa shape index (κ3) is 4.23. The zero-order valence-electron chi connectivity index (χ0n) is 16.1. The minimum Gasteiger partial charge on any atom is -0.461 e. The molecule has 1 aromatic heterocycles. The molecule has 0 radical (unpaired) electrons. The van der Waals surface area contributed by atoms with Crippen LogP contribution in [0.5, 0.6) is 0 Å². The number of halogens is 2. The number of carbonyl (C=O) groups is 2. The predicted octanol–water partition coefficient (Wildman–Crippen LogP) is 3.76. The Balaban J connectivity index is 2.11.